The third kappa shape index (κ3) is 1.79. The lowest BCUT2D eigenvalue weighted by atomic mass is 10.2. The molecule has 0 amide bonds. The molecule has 3 nitrogen and oxygen atoms in total. The van der Waals surface area contributed by atoms with E-state index in [9.17, 15) is 4.39 Å². The predicted molar refractivity (Wildman–Crippen MR) is 57.3 cm³/mol. The van der Waals surface area contributed by atoms with Crippen LogP contribution in [0, 0.1) is 11.2 Å². The summed E-state index contributed by atoms with van der Waals surface area (Å²) in [5.41, 5.74) is 0.779. The summed E-state index contributed by atoms with van der Waals surface area (Å²) in [4.78, 5) is 1.86. The van der Waals surface area contributed by atoms with Gasteiger partial charge in [0.25, 0.3) is 0 Å². The summed E-state index contributed by atoms with van der Waals surface area (Å²) in [6, 6.07) is 4.40. The largest absolute Gasteiger partial charge is 0.494 e. The fourth-order valence-electron chi connectivity index (χ4n) is 1.81. The molecule has 0 saturated carbocycles. The third-order valence-corrected chi connectivity index (χ3v) is 2.55. The van der Waals surface area contributed by atoms with Crippen molar-refractivity contribution < 1.29 is 9.13 Å². The van der Waals surface area contributed by atoms with Gasteiger partial charge in [-0.25, -0.2) is 4.39 Å². The molecular formula is C11H13FN2O. The van der Waals surface area contributed by atoms with Gasteiger partial charge >= 0.3 is 0 Å². The Morgan fingerprint density at radius 3 is 2.87 bits per heavy atom. The van der Waals surface area contributed by atoms with E-state index in [0.29, 0.717) is 11.6 Å². The van der Waals surface area contributed by atoms with Crippen LogP contribution in [0.2, 0.25) is 0 Å². The van der Waals surface area contributed by atoms with Gasteiger partial charge in [0.05, 0.1) is 12.8 Å². The van der Waals surface area contributed by atoms with Gasteiger partial charge < -0.3 is 9.64 Å². The SMILES string of the molecule is COc1cc(F)ccc1N1CCCC1=N. The number of rotatable bonds is 2. The maximum Gasteiger partial charge on any atom is 0.145 e. The van der Waals surface area contributed by atoms with E-state index in [-0.39, 0.29) is 5.82 Å². The first-order valence-corrected chi connectivity index (χ1v) is 4.91. The molecule has 80 valence electrons. The number of nitrogens with one attached hydrogen (secondary N) is 1. The van der Waals surface area contributed by atoms with Gasteiger partial charge in [-0.1, -0.05) is 0 Å². The van der Waals surface area contributed by atoms with Crippen LogP contribution in [0.25, 0.3) is 0 Å². The number of halogens is 1. The average molecular weight is 208 g/mol. The van der Waals surface area contributed by atoms with E-state index < -0.39 is 0 Å². The standard InChI is InChI=1S/C11H13FN2O/c1-15-10-7-8(12)4-5-9(10)14-6-2-3-11(14)13/h4-5,7,13H,2-3,6H2,1H3. The molecule has 0 spiro atoms. The Hall–Kier alpha value is -1.58. The van der Waals surface area contributed by atoms with Crippen molar-refractivity contribution in [1.29, 1.82) is 5.41 Å². The summed E-state index contributed by atoms with van der Waals surface area (Å²) in [6.45, 7) is 0.806. The summed E-state index contributed by atoms with van der Waals surface area (Å²) in [5, 5.41) is 7.75. The van der Waals surface area contributed by atoms with E-state index in [4.69, 9.17) is 10.1 Å². The van der Waals surface area contributed by atoms with Gasteiger partial charge in [-0.3, -0.25) is 5.41 Å². The van der Waals surface area contributed by atoms with E-state index in [2.05, 4.69) is 0 Å². The van der Waals surface area contributed by atoms with Crippen LogP contribution in [-0.4, -0.2) is 19.5 Å². The lowest BCUT2D eigenvalue weighted by Gasteiger charge is -2.20. The molecule has 1 fully saturated rings. The van der Waals surface area contributed by atoms with Gasteiger partial charge in [-0.15, -0.1) is 0 Å². The summed E-state index contributed by atoms with van der Waals surface area (Å²) < 4.78 is 18.1. The Morgan fingerprint density at radius 1 is 1.47 bits per heavy atom. The van der Waals surface area contributed by atoms with Crippen molar-refractivity contribution in [2.75, 3.05) is 18.6 Å². The number of methoxy groups -OCH3 is 1. The zero-order chi connectivity index (χ0) is 10.8. The lowest BCUT2D eigenvalue weighted by molar-refractivity contribution is 0.412. The highest BCUT2D eigenvalue weighted by molar-refractivity contribution is 5.98. The molecule has 1 aromatic carbocycles. The highest BCUT2D eigenvalue weighted by atomic mass is 19.1. The van der Waals surface area contributed by atoms with Gasteiger partial charge in [0.1, 0.15) is 17.4 Å². The van der Waals surface area contributed by atoms with E-state index in [1.54, 1.807) is 6.07 Å². The lowest BCUT2D eigenvalue weighted by Crippen LogP contribution is -2.23. The molecule has 1 aromatic rings. The minimum absolute atomic E-state index is 0.318. The van der Waals surface area contributed by atoms with Crippen LogP contribution in [0.5, 0.6) is 5.75 Å². The van der Waals surface area contributed by atoms with E-state index in [1.165, 1.54) is 19.2 Å². The summed E-state index contributed by atoms with van der Waals surface area (Å²) in [6.07, 6.45) is 1.75. The van der Waals surface area contributed by atoms with Crippen molar-refractivity contribution in [1.82, 2.24) is 0 Å². The maximum absolute atomic E-state index is 13.0. The molecule has 4 heteroatoms. The van der Waals surface area contributed by atoms with E-state index >= 15 is 0 Å². The van der Waals surface area contributed by atoms with Crippen LogP contribution in [-0.2, 0) is 0 Å². The molecule has 1 aliphatic rings. The van der Waals surface area contributed by atoms with Gasteiger partial charge in [0.2, 0.25) is 0 Å². The number of hydrogen-bond donors (Lipinski definition) is 1. The van der Waals surface area contributed by atoms with Gasteiger partial charge in [-0.05, 0) is 18.6 Å². The molecule has 0 atom stereocenters. The van der Waals surface area contributed by atoms with Crippen molar-refractivity contribution >= 4 is 11.5 Å². The first-order chi connectivity index (χ1) is 7.22. The Balaban J connectivity index is 2.38. The predicted octanol–water partition coefficient (Wildman–Crippen LogP) is 2.41. The van der Waals surface area contributed by atoms with E-state index in [0.717, 1.165) is 25.1 Å². The summed E-state index contributed by atoms with van der Waals surface area (Å²) in [5.74, 6) is 0.739. The first-order valence-electron chi connectivity index (χ1n) is 4.91. The van der Waals surface area contributed by atoms with Crippen LogP contribution in [0.15, 0.2) is 18.2 Å². The molecule has 0 aliphatic carbocycles. The minimum atomic E-state index is -0.318. The monoisotopic (exact) mass is 208 g/mol. The zero-order valence-corrected chi connectivity index (χ0v) is 8.59. The number of anilines is 1. The fourth-order valence-corrected chi connectivity index (χ4v) is 1.81. The van der Waals surface area contributed by atoms with Crippen LogP contribution in [0.3, 0.4) is 0 Å². The first kappa shape index (κ1) is 9.96. The van der Waals surface area contributed by atoms with E-state index in [1.807, 2.05) is 4.90 Å². The maximum atomic E-state index is 13.0. The molecule has 1 saturated heterocycles. The Bertz CT molecular complexity index is 392. The molecule has 1 aliphatic heterocycles. The van der Waals surface area contributed by atoms with Crippen molar-refractivity contribution in [2.24, 2.45) is 0 Å². The zero-order valence-electron chi connectivity index (χ0n) is 8.59. The third-order valence-electron chi connectivity index (χ3n) is 2.55. The van der Waals surface area contributed by atoms with Crippen LogP contribution < -0.4 is 9.64 Å². The average Bonchev–Trinajstić information content (AvgIpc) is 2.64. The summed E-state index contributed by atoms with van der Waals surface area (Å²) >= 11 is 0. The number of benzene rings is 1. The van der Waals surface area contributed by atoms with Gasteiger partial charge in [0.15, 0.2) is 0 Å². The number of amidine groups is 1. The molecular weight excluding hydrogens is 195 g/mol. The second-order valence-electron chi connectivity index (χ2n) is 3.52. The molecule has 15 heavy (non-hydrogen) atoms. The second kappa shape index (κ2) is 3.88. The van der Waals surface area contributed by atoms with Gasteiger partial charge in [-0.2, -0.15) is 0 Å². The number of hydrogen-bond acceptors (Lipinski definition) is 2. The normalized spacial score (nSPS) is 15.9. The molecule has 0 unspecified atom stereocenters. The fraction of sp³-hybridized carbons (Fsp3) is 0.364. The van der Waals surface area contributed by atoms with Crippen LogP contribution >= 0.6 is 0 Å². The summed E-state index contributed by atoms with van der Waals surface area (Å²) in [7, 11) is 1.51. The molecule has 0 bridgehead atoms. The number of nitrogens with zero attached hydrogens (tertiary/aromatic N) is 1. The minimum Gasteiger partial charge on any atom is -0.494 e. The molecule has 2 rings (SSSR count). The Labute approximate surface area is 88.0 Å². The Morgan fingerprint density at radius 2 is 2.27 bits per heavy atom. The van der Waals surface area contributed by atoms with Crippen molar-refractivity contribution in [3.05, 3.63) is 24.0 Å². The quantitative estimate of drug-likeness (QED) is 0.810. The molecule has 0 aromatic heterocycles. The Kier molecular flexibility index (Phi) is 2.58. The number of ether oxygens (including phenoxy) is 1. The van der Waals surface area contributed by atoms with Crippen LogP contribution in [0.1, 0.15) is 12.8 Å². The van der Waals surface area contributed by atoms with Crippen molar-refractivity contribution in [3.8, 4) is 5.75 Å². The molecule has 1 heterocycles. The van der Waals surface area contributed by atoms with Gasteiger partial charge in [0, 0.05) is 19.0 Å². The molecule has 1 N–H and O–H groups in total. The highest BCUT2D eigenvalue weighted by Crippen LogP contribution is 2.31. The van der Waals surface area contributed by atoms with Crippen LogP contribution in [0.4, 0.5) is 10.1 Å². The molecule has 0 radical (unpaired) electrons. The van der Waals surface area contributed by atoms with Crippen molar-refractivity contribution in [2.45, 2.75) is 12.8 Å². The van der Waals surface area contributed by atoms with Crippen molar-refractivity contribution in [3.63, 3.8) is 0 Å². The topological polar surface area (TPSA) is 36.3 Å². The second-order valence-corrected chi connectivity index (χ2v) is 3.52. The smallest absolute Gasteiger partial charge is 0.145 e. The highest BCUT2D eigenvalue weighted by Gasteiger charge is 2.21.